The topological polar surface area (TPSA) is 76.2 Å². The largest absolute Gasteiger partial charge is 0.384 e. The van der Waals surface area contributed by atoms with Crippen molar-refractivity contribution in [3.8, 4) is 0 Å². The van der Waals surface area contributed by atoms with E-state index in [9.17, 15) is 13.2 Å². The van der Waals surface area contributed by atoms with E-state index in [0.29, 0.717) is 31.0 Å². The Bertz CT molecular complexity index is 705. The number of hydrogen-bond acceptors (Lipinski definition) is 5. The van der Waals surface area contributed by atoms with Gasteiger partial charge in [0, 0.05) is 33.3 Å². The highest BCUT2D eigenvalue weighted by molar-refractivity contribution is 7.89. The molecule has 2 aliphatic heterocycles. The number of amides is 1. The van der Waals surface area contributed by atoms with Gasteiger partial charge >= 0.3 is 0 Å². The number of sulfonamides is 1. The molecule has 25 heavy (non-hydrogen) atoms. The van der Waals surface area contributed by atoms with Gasteiger partial charge in [-0.25, -0.2) is 8.42 Å². The van der Waals surface area contributed by atoms with Crippen molar-refractivity contribution < 1.29 is 22.7 Å². The molecule has 0 spiro atoms. The predicted octanol–water partition coefficient (Wildman–Crippen LogP) is 0.632. The monoisotopic (exact) mass is 368 g/mol. The maximum atomic E-state index is 12.9. The number of hydrogen-bond donors (Lipinski definition) is 0. The molecule has 2 fully saturated rings. The number of methoxy groups -OCH3 is 1. The Kier molecular flexibility index (Phi) is 5.43. The highest BCUT2D eigenvalue weighted by Crippen LogP contribution is 2.25. The minimum atomic E-state index is -3.54. The second kappa shape index (κ2) is 7.41. The van der Waals surface area contributed by atoms with Crippen LogP contribution in [-0.2, 0) is 24.3 Å². The normalized spacial score (nSPS) is 24.3. The fourth-order valence-electron chi connectivity index (χ4n) is 3.26. The lowest BCUT2D eigenvalue weighted by atomic mass is 10.1. The SMILES string of the molecule is COCCC(=O)N1C[C@@H]2CN(S(=O)(=O)c3ccc(C)cc3)C[C@H](C1)O2. The summed E-state index contributed by atoms with van der Waals surface area (Å²) in [5.74, 6) is 0.0231. The molecule has 2 saturated heterocycles. The third-order valence-electron chi connectivity index (χ3n) is 4.58. The predicted molar refractivity (Wildman–Crippen MR) is 91.7 cm³/mol. The van der Waals surface area contributed by atoms with Crippen molar-refractivity contribution in [3.63, 3.8) is 0 Å². The highest BCUT2D eigenvalue weighted by Gasteiger charge is 2.40. The number of ether oxygens (including phenoxy) is 2. The number of aryl methyl sites for hydroxylation is 1. The Morgan fingerprint density at radius 3 is 2.32 bits per heavy atom. The minimum Gasteiger partial charge on any atom is -0.384 e. The maximum absolute atomic E-state index is 12.9. The lowest BCUT2D eigenvalue weighted by molar-refractivity contribution is -0.155. The molecule has 2 bridgehead atoms. The molecule has 0 radical (unpaired) electrons. The standard InChI is InChI=1S/C17H24N2O5S/c1-13-3-5-16(6-4-13)25(21,22)19-11-14-9-18(10-15(12-19)24-14)17(20)7-8-23-2/h3-6,14-15H,7-12H2,1-2H3/t14-,15+. The third-order valence-corrected chi connectivity index (χ3v) is 6.42. The van der Waals surface area contributed by atoms with E-state index in [1.165, 1.54) is 4.31 Å². The molecule has 0 unspecified atom stereocenters. The number of benzene rings is 1. The second-order valence-corrected chi connectivity index (χ2v) is 8.49. The quantitative estimate of drug-likeness (QED) is 0.762. The lowest BCUT2D eigenvalue weighted by Crippen LogP contribution is -2.61. The molecular formula is C17H24N2O5S. The average Bonchev–Trinajstić information content (AvgIpc) is 2.59. The van der Waals surface area contributed by atoms with Gasteiger partial charge in [-0.1, -0.05) is 17.7 Å². The first kappa shape index (κ1) is 18.3. The number of nitrogens with zero attached hydrogens (tertiary/aromatic N) is 2. The van der Waals surface area contributed by atoms with Gasteiger partial charge in [0.1, 0.15) is 0 Å². The van der Waals surface area contributed by atoms with Crippen molar-refractivity contribution in [1.82, 2.24) is 9.21 Å². The summed E-state index contributed by atoms with van der Waals surface area (Å²) >= 11 is 0. The molecule has 0 aromatic heterocycles. The van der Waals surface area contributed by atoms with Crippen LogP contribution in [0.3, 0.4) is 0 Å². The van der Waals surface area contributed by atoms with Crippen LogP contribution in [0.2, 0.25) is 0 Å². The van der Waals surface area contributed by atoms with Crippen LogP contribution in [0.15, 0.2) is 29.2 Å². The summed E-state index contributed by atoms with van der Waals surface area (Å²) in [7, 11) is -1.98. The smallest absolute Gasteiger partial charge is 0.243 e. The summed E-state index contributed by atoms with van der Waals surface area (Å²) < 4.78 is 38.0. The van der Waals surface area contributed by atoms with Gasteiger partial charge in [0.25, 0.3) is 0 Å². The molecule has 1 aromatic rings. The lowest BCUT2D eigenvalue weighted by Gasteiger charge is -2.45. The van der Waals surface area contributed by atoms with Crippen LogP contribution in [0.25, 0.3) is 0 Å². The van der Waals surface area contributed by atoms with E-state index in [4.69, 9.17) is 9.47 Å². The molecule has 1 amide bonds. The van der Waals surface area contributed by atoms with Crippen molar-refractivity contribution in [3.05, 3.63) is 29.8 Å². The molecule has 138 valence electrons. The van der Waals surface area contributed by atoms with Crippen LogP contribution in [0.1, 0.15) is 12.0 Å². The van der Waals surface area contributed by atoms with Crippen molar-refractivity contribution in [2.45, 2.75) is 30.4 Å². The van der Waals surface area contributed by atoms with Crippen molar-refractivity contribution >= 4 is 15.9 Å². The van der Waals surface area contributed by atoms with Crippen LogP contribution in [-0.4, -0.2) is 75.6 Å². The summed E-state index contributed by atoms with van der Waals surface area (Å²) in [6.45, 7) is 3.67. The van der Waals surface area contributed by atoms with Gasteiger partial charge < -0.3 is 14.4 Å². The number of morpholine rings is 2. The summed E-state index contributed by atoms with van der Waals surface area (Å²) in [6, 6.07) is 6.86. The zero-order valence-electron chi connectivity index (χ0n) is 14.6. The molecule has 0 saturated carbocycles. The van der Waals surface area contributed by atoms with E-state index in [1.807, 2.05) is 6.92 Å². The van der Waals surface area contributed by atoms with Gasteiger partial charge in [-0.2, -0.15) is 4.31 Å². The Labute approximate surface area is 148 Å². The fourth-order valence-corrected chi connectivity index (χ4v) is 4.76. The van der Waals surface area contributed by atoms with E-state index in [1.54, 1.807) is 36.3 Å². The Morgan fingerprint density at radius 1 is 1.16 bits per heavy atom. The first-order chi connectivity index (χ1) is 11.9. The minimum absolute atomic E-state index is 0.0231. The van der Waals surface area contributed by atoms with Gasteiger partial charge in [-0.15, -0.1) is 0 Å². The molecule has 2 aliphatic rings. The summed E-state index contributed by atoms with van der Waals surface area (Å²) in [5.41, 5.74) is 1.02. The summed E-state index contributed by atoms with van der Waals surface area (Å²) in [6.07, 6.45) is -0.250. The zero-order valence-corrected chi connectivity index (χ0v) is 15.4. The molecule has 0 N–H and O–H groups in total. The van der Waals surface area contributed by atoms with Crippen LogP contribution in [0.5, 0.6) is 0 Å². The van der Waals surface area contributed by atoms with E-state index in [2.05, 4.69) is 0 Å². The molecule has 1 aromatic carbocycles. The molecule has 7 nitrogen and oxygen atoms in total. The van der Waals surface area contributed by atoms with Gasteiger partial charge in [0.15, 0.2) is 0 Å². The number of fused-ring (bicyclic) bond motifs is 2. The number of carbonyl (C=O) groups excluding carboxylic acids is 1. The van der Waals surface area contributed by atoms with Gasteiger partial charge in [-0.05, 0) is 19.1 Å². The number of rotatable bonds is 5. The van der Waals surface area contributed by atoms with Crippen LogP contribution < -0.4 is 0 Å². The van der Waals surface area contributed by atoms with Gasteiger partial charge in [0.2, 0.25) is 15.9 Å². The number of carbonyl (C=O) groups is 1. The average molecular weight is 368 g/mol. The van der Waals surface area contributed by atoms with Crippen LogP contribution in [0.4, 0.5) is 0 Å². The molecule has 2 heterocycles. The molecule has 8 heteroatoms. The molecule has 3 rings (SSSR count). The third kappa shape index (κ3) is 4.03. The highest BCUT2D eigenvalue weighted by atomic mass is 32.2. The Balaban J connectivity index is 1.69. The summed E-state index contributed by atoms with van der Waals surface area (Å²) in [4.78, 5) is 14.2. The van der Waals surface area contributed by atoms with Gasteiger partial charge in [-0.3, -0.25) is 4.79 Å². The van der Waals surface area contributed by atoms with Crippen LogP contribution in [0, 0.1) is 6.92 Å². The van der Waals surface area contributed by atoms with E-state index >= 15 is 0 Å². The van der Waals surface area contributed by atoms with Crippen molar-refractivity contribution in [2.24, 2.45) is 0 Å². The molecule has 2 atom stereocenters. The van der Waals surface area contributed by atoms with E-state index in [-0.39, 0.29) is 31.2 Å². The van der Waals surface area contributed by atoms with Gasteiger partial charge in [0.05, 0.1) is 30.1 Å². The Hall–Kier alpha value is -1.48. The van der Waals surface area contributed by atoms with Crippen molar-refractivity contribution in [2.75, 3.05) is 39.9 Å². The molecule has 0 aliphatic carbocycles. The van der Waals surface area contributed by atoms with Crippen molar-refractivity contribution in [1.29, 1.82) is 0 Å². The maximum Gasteiger partial charge on any atom is 0.243 e. The first-order valence-electron chi connectivity index (χ1n) is 8.39. The second-order valence-electron chi connectivity index (χ2n) is 6.56. The Morgan fingerprint density at radius 2 is 1.76 bits per heavy atom. The fraction of sp³-hybridized carbons (Fsp3) is 0.588. The van der Waals surface area contributed by atoms with E-state index in [0.717, 1.165) is 5.56 Å². The summed E-state index contributed by atoms with van der Waals surface area (Å²) in [5, 5.41) is 0. The zero-order chi connectivity index (χ0) is 18.0. The van der Waals surface area contributed by atoms with E-state index < -0.39 is 10.0 Å². The molecular weight excluding hydrogens is 344 g/mol. The first-order valence-corrected chi connectivity index (χ1v) is 9.83. The van der Waals surface area contributed by atoms with Crippen LogP contribution >= 0.6 is 0 Å².